The highest BCUT2D eigenvalue weighted by molar-refractivity contribution is 7.91. The SMILES string of the molecule is CCCN(C(=O)c1sc2cccc(F)c2c1C)[C@@H]1CCS(=O)(=O)C1. The average Bonchev–Trinajstić information content (AvgIpc) is 3.05. The van der Waals surface area contributed by atoms with Crippen LogP contribution in [-0.4, -0.2) is 43.3 Å². The molecule has 2 aromatic rings. The molecule has 3 rings (SSSR count). The van der Waals surface area contributed by atoms with E-state index in [1.165, 1.54) is 17.4 Å². The van der Waals surface area contributed by atoms with E-state index in [-0.39, 0.29) is 29.3 Å². The second-order valence-electron chi connectivity index (χ2n) is 6.22. The summed E-state index contributed by atoms with van der Waals surface area (Å²) in [5.41, 5.74) is 0.639. The first-order valence-electron chi connectivity index (χ1n) is 8.03. The van der Waals surface area contributed by atoms with Crippen LogP contribution in [0.1, 0.15) is 35.0 Å². The topological polar surface area (TPSA) is 54.5 Å². The van der Waals surface area contributed by atoms with E-state index >= 15 is 0 Å². The molecule has 0 saturated carbocycles. The summed E-state index contributed by atoms with van der Waals surface area (Å²) in [5.74, 6) is -0.356. The van der Waals surface area contributed by atoms with Crippen LogP contribution in [0.4, 0.5) is 4.39 Å². The van der Waals surface area contributed by atoms with Crippen LogP contribution in [0, 0.1) is 12.7 Å². The molecule has 1 atom stereocenters. The number of fused-ring (bicyclic) bond motifs is 1. The predicted octanol–water partition coefficient (Wildman–Crippen LogP) is 3.39. The fourth-order valence-electron chi connectivity index (χ4n) is 3.30. The van der Waals surface area contributed by atoms with Crippen LogP contribution < -0.4 is 0 Å². The first kappa shape index (κ1) is 17.4. The van der Waals surface area contributed by atoms with Crippen LogP contribution >= 0.6 is 11.3 Å². The molecule has 2 heterocycles. The monoisotopic (exact) mass is 369 g/mol. The molecular formula is C17H20FNO3S2. The van der Waals surface area contributed by atoms with Gasteiger partial charge in [-0.3, -0.25) is 4.79 Å². The van der Waals surface area contributed by atoms with Gasteiger partial charge in [-0.25, -0.2) is 12.8 Å². The van der Waals surface area contributed by atoms with Gasteiger partial charge >= 0.3 is 0 Å². The third kappa shape index (κ3) is 3.07. The van der Waals surface area contributed by atoms with Crippen LogP contribution in [0.2, 0.25) is 0 Å². The smallest absolute Gasteiger partial charge is 0.264 e. The summed E-state index contributed by atoms with van der Waals surface area (Å²) in [7, 11) is -3.07. The highest BCUT2D eigenvalue weighted by atomic mass is 32.2. The Morgan fingerprint density at radius 1 is 1.42 bits per heavy atom. The molecule has 1 saturated heterocycles. The number of benzene rings is 1. The molecule has 1 aliphatic rings. The van der Waals surface area contributed by atoms with Crippen LogP contribution in [0.3, 0.4) is 0 Å². The number of rotatable bonds is 4. The van der Waals surface area contributed by atoms with Gasteiger partial charge in [0.25, 0.3) is 5.91 Å². The molecule has 0 aliphatic carbocycles. The van der Waals surface area contributed by atoms with Crippen LogP contribution in [-0.2, 0) is 9.84 Å². The van der Waals surface area contributed by atoms with Crippen LogP contribution in [0.15, 0.2) is 18.2 Å². The maximum absolute atomic E-state index is 14.1. The molecule has 4 nitrogen and oxygen atoms in total. The second kappa shape index (κ2) is 6.44. The van der Waals surface area contributed by atoms with E-state index < -0.39 is 9.84 Å². The minimum Gasteiger partial charge on any atom is -0.334 e. The highest BCUT2D eigenvalue weighted by Gasteiger charge is 2.35. The lowest BCUT2D eigenvalue weighted by Crippen LogP contribution is -2.41. The van der Waals surface area contributed by atoms with Gasteiger partial charge < -0.3 is 4.90 Å². The molecule has 24 heavy (non-hydrogen) atoms. The van der Waals surface area contributed by atoms with Gasteiger partial charge in [-0.15, -0.1) is 11.3 Å². The summed E-state index contributed by atoms with van der Waals surface area (Å²) in [5, 5.41) is 0.487. The lowest BCUT2D eigenvalue weighted by molar-refractivity contribution is 0.0701. The van der Waals surface area contributed by atoms with Crippen molar-refractivity contribution in [2.75, 3.05) is 18.1 Å². The molecule has 0 bridgehead atoms. The van der Waals surface area contributed by atoms with E-state index in [1.807, 2.05) is 6.92 Å². The molecule has 130 valence electrons. The van der Waals surface area contributed by atoms with Gasteiger partial charge in [0.15, 0.2) is 9.84 Å². The van der Waals surface area contributed by atoms with Gasteiger partial charge in [-0.2, -0.15) is 0 Å². The van der Waals surface area contributed by atoms with E-state index in [4.69, 9.17) is 0 Å². The predicted molar refractivity (Wildman–Crippen MR) is 94.9 cm³/mol. The Morgan fingerprint density at radius 2 is 2.17 bits per heavy atom. The summed E-state index contributed by atoms with van der Waals surface area (Å²) >= 11 is 1.28. The third-order valence-corrected chi connectivity index (χ3v) is 7.47. The second-order valence-corrected chi connectivity index (χ2v) is 9.51. The zero-order chi connectivity index (χ0) is 17.5. The van der Waals surface area contributed by atoms with E-state index in [0.29, 0.717) is 28.8 Å². The summed E-state index contributed by atoms with van der Waals surface area (Å²) in [6.45, 7) is 4.22. The Labute approximate surface area is 145 Å². The largest absolute Gasteiger partial charge is 0.334 e. The standard InChI is InChI=1S/C17H20FNO3S2/c1-3-8-19(12-7-9-24(21,22)10-12)17(20)16-11(2)15-13(18)5-4-6-14(15)23-16/h4-6,12H,3,7-10H2,1-2H3/t12-/m1/s1. The molecule has 1 amide bonds. The van der Waals surface area contributed by atoms with Gasteiger partial charge in [0.05, 0.1) is 16.4 Å². The quantitative estimate of drug-likeness (QED) is 0.830. The van der Waals surface area contributed by atoms with Crippen molar-refractivity contribution in [1.29, 1.82) is 0 Å². The molecule has 0 unspecified atom stereocenters. The number of thiophene rings is 1. The van der Waals surface area contributed by atoms with Gasteiger partial charge in [0.2, 0.25) is 0 Å². The molecule has 7 heteroatoms. The number of amides is 1. The van der Waals surface area contributed by atoms with Crippen molar-refractivity contribution in [2.24, 2.45) is 0 Å². The maximum Gasteiger partial charge on any atom is 0.264 e. The van der Waals surface area contributed by atoms with Crippen molar-refractivity contribution in [3.63, 3.8) is 0 Å². The van der Waals surface area contributed by atoms with Crippen molar-refractivity contribution >= 4 is 37.2 Å². The Hall–Kier alpha value is -1.47. The number of aryl methyl sites for hydroxylation is 1. The van der Waals surface area contributed by atoms with E-state index in [9.17, 15) is 17.6 Å². The third-order valence-electron chi connectivity index (χ3n) is 4.47. The minimum absolute atomic E-state index is 0.0248. The number of nitrogens with zero attached hydrogens (tertiary/aromatic N) is 1. The number of sulfone groups is 1. The molecule has 0 radical (unpaired) electrons. The Balaban J connectivity index is 1.99. The first-order valence-corrected chi connectivity index (χ1v) is 10.7. The molecule has 1 fully saturated rings. The Bertz CT molecular complexity index is 889. The average molecular weight is 369 g/mol. The molecular weight excluding hydrogens is 349 g/mol. The first-order chi connectivity index (χ1) is 11.3. The number of hydrogen-bond acceptors (Lipinski definition) is 4. The summed E-state index contributed by atoms with van der Waals surface area (Å²) in [4.78, 5) is 15.2. The molecule has 1 aromatic heterocycles. The van der Waals surface area contributed by atoms with Gasteiger partial charge in [-0.05, 0) is 37.5 Å². The normalized spacial score (nSPS) is 19.7. The van der Waals surface area contributed by atoms with Gasteiger partial charge in [0, 0.05) is 22.7 Å². The summed E-state index contributed by atoms with van der Waals surface area (Å²) in [6.07, 6.45) is 1.23. The van der Waals surface area contributed by atoms with E-state index in [2.05, 4.69) is 0 Å². The van der Waals surface area contributed by atoms with E-state index in [1.54, 1.807) is 24.0 Å². The lowest BCUT2D eigenvalue weighted by Gasteiger charge is -2.27. The van der Waals surface area contributed by atoms with Crippen molar-refractivity contribution in [1.82, 2.24) is 4.90 Å². The van der Waals surface area contributed by atoms with E-state index in [0.717, 1.165) is 11.1 Å². The van der Waals surface area contributed by atoms with Crippen LogP contribution in [0.25, 0.3) is 10.1 Å². The fraction of sp³-hybridized carbons (Fsp3) is 0.471. The molecule has 0 spiro atoms. The number of carbonyl (C=O) groups is 1. The Morgan fingerprint density at radius 3 is 2.75 bits per heavy atom. The zero-order valence-electron chi connectivity index (χ0n) is 13.7. The molecule has 0 N–H and O–H groups in total. The molecule has 1 aromatic carbocycles. The summed E-state index contributed by atoms with van der Waals surface area (Å²) in [6, 6.07) is 4.55. The summed E-state index contributed by atoms with van der Waals surface area (Å²) < 4.78 is 38.4. The fourth-order valence-corrected chi connectivity index (χ4v) is 6.21. The van der Waals surface area contributed by atoms with Crippen molar-refractivity contribution in [3.8, 4) is 0 Å². The number of carbonyl (C=O) groups excluding carboxylic acids is 1. The number of halogens is 1. The maximum atomic E-state index is 14.1. The van der Waals surface area contributed by atoms with Crippen molar-refractivity contribution in [3.05, 3.63) is 34.5 Å². The Kier molecular flexibility index (Phi) is 4.66. The van der Waals surface area contributed by atoms with Crippen molar-refractivity contribution < 1.29 is 17.6 Å². The lowest BCUT2D eigenvalue weighted by atomic mass is 10.1. The molecule has 1 aliphatic heterocycles. The number of hydrogen-bond donors (Lipinski definition) is 0. The highest BCUT2D eigenvalue weighted by Crippen LogP contribution is 2.34. The van der Waals surface area contributed by atoms with Gasteiger partial charge in [-0.1, -0.05) is 13.0 Å². The minimum atomic E-state index is -3.07. The van der Waals surface area contributed by atoms with Crippen molar-refractivity contribution in [2.45, 2.75) is 32.7 Å². The zero-order valence-corrected chi connectivity index (χ0v) is 15.3. The van der Waals surface area contributed by atoms with Gasteiger partial charge in [0.1, 0.15) is 5.82 Å². The van der Waals surface area contributed by atoms with Crippen LogP contribution in [0.5, 0.6) is 0 Å².